The SMILES string of the molecule is COC(OC)([SiH2]C)N1CCCCC1. The molecule has 1 rings (SSSR count). The summed E-state index contributed by atoms with van der Waals surface area (Å²) in [5.74, 6) is 0. The van der Waals surface area contributed by atoms with E-state index in [4.69, 9.17) is 9.47 Å². The average molecular weight is 203 g/mol. The smallest absolute Gasteiger partial charge is 0.199 e. The lowest BCUT2D eigenvalue weighted by molar-refractivity contribution is -0.240. The molecule has 0 aromatic heterocycles. The first-order valence-electron chi connectivity index (χ1n) is 5.14. The summed E-state index contributed by atoms with van der Waals surface area (Å²) in [7, 11) is 3.17. The number of methoxy groups -OCH3 is 2. The molecule has 0 aromatic rings. The molecule has 0 aliphatic carbocycles. The van der Waals surface area contributed by atoms with Gasteiger partial charge < -0.3 is 9.47 Å². The Morgan fingerprint density at radius 1 is 1.08 bits per heavy atom. The van der Waals surface area contributed by atoms with E-state index in [9.17, 15) is 0 Å². The van der Waals surface area contributed by atoms with Gasteiger partial charge in [-0.25, -0.2) is 0 Å². The third kappa shape index (κ3) is 2.31. The van der Waals surface area contributed by atoms with Gasteiger partial charge in [-0.1, -0.05) is 13.0 Å². The van der Waals surface area contributed by atoms with Crippen LogP contribution in [0.4, 0.5) is 0 Å². The van der Waals surface area contributed by atoms with Crippen molar-refractivity contribution in [2.45, 2.75) is 31.3 Å². The van der Waals surface area contributed by atoms with Gasteiger partial charge in [0, 0.05) is 27.3 Å². The van der Waals surface area contributed by atoms with Crippen molar-refractivity contribution >= 4 is 9.52 Å². The van der Waals surface area contributed by atoms with Crippen molar-refractivity contribution in [3.63, 3.8) is 0 Å². The molecular formula is C9H21NO2Si. The van der Waals surface area contributed by atoms with Crippen LogP contribution >= 0.6 is 0 Å². The summed E-state index contributed by atoms with van der Waals surface area (Å²) in [6.45, 7) is 4.49. The fourth-order valence-corrected chi connectivity index (χ4v) is 3.43. The van der Waals surface area contributed by atoms with Gasteiger partial charge in [-0.2, -0.15) is 0 Å². The monoisotopic (exact) mass is 203 g/mol. The van der Waals surface area contributed by atoms with E-state index in [1.807, 2.05) is 0 Å². The molecule has 0 unspecified atom stereocenters. The number of nitrogens with zero attached hydrogens (tertiary/aromatic N) is 1. The summed E-state index contributed by atoms with van der Waals surface area (Å²) >= 11 is 0. The molecular weight excluding hydrogens is 182 g/mol. The summed E-state index contributed by atoms with van der Waals surface area (Å²) in [5.41, 5.74) is -0.333. The van der Waals surface area contributed by atoms with E-state index in [2.05, 4.69) is 11.4 Å². The zero-order chi connectivity index (χ0) is 9.73. The summed E-state index contributed by atoms with van der Waals surface area (Å²) in [6, 6.07) is 0. The van der Waals surface area contributed by atoms with Crippen LogP contribution in [-0.4, -0.2) is 47.3 Å². The Labute approximate surface area is 83.2 Å². The highest BCUT2D eigenvalue weighted by Gasteiger charge is 2.35. The van der Waals surface area contributed by atoms with E-state index in [0.717, 1.165) is 13.1 Å². The minimum absolute atomic E-state index is 0.333. The fraction of sp³-hybridized carbons (Fsp3) is 1.00. The van der Waals surface area contributed by atoms with Gasteiger partial charge in [-0.15, -0.1) is 0 Å². The van der Waals surface area contributed by atoms with Gasteiger partial charge in [0.1, 0.15) is 9.52 Å². The first-order valence-corrected chi connectivity index (χ1v) is 7.26. The number of hydrogen-bond acceptors (Lipinski definition) is 3. The summed E-state index contributed by atoms with van der Waals surface area (Å²) in [5, 5.41) is 0. The molecule has 13 heavy (non-hydrogen) atoms. The normalized spacial score (nSPS) is 21.5. The molecule has 3 nitrogen and oxygen atoms in total. The lowest BCUT2D eigenvalue weighted by Crippen LogP contribution is -2.57. The van der Waals surface area contributed by atoms with Crippen molar-refractivity contribution in [3.05, 3.63) is 0 Å². The topological polar surface area (TPSA) is 21.7 Å². The first-order chi connectivity index (χ1) is 6.29. The highest BCUT2D eigenvalue weighted by atomic mass is 28.2. The number of likely N-dealkylation sites (tertiary alicyclic amines) is 1. The highest BCUT2D eigenvalue weighted by molar-refractivity contribution is 6.36. The zero-order valence-electron chi connectivity index (χ0n) is 9.01. The second kappa shape index (κ2) is 5.10. The molecule has 0 saturated carbocycles. The zero-order valence-corrected chi connectivity index (χ0v) is 10.4. The van der Waals surface area contributed by atoms with E-state index < -0.39 is 0 Å². The number of hydrogen-bond donors (Lipinski definition) is 0. The first kappa shape index (κ1) is 11.2. The van der Waals surface area contributed by atoms with E-state index in [1.54, 1.807) is 14.2 Å². The lowest BCUT2D eigenvalue weighted by atomic mass is 10.1. The molecule has 0 radical (unpaired) electrons. The largest absolute Gasteiger partial charge is 0.345 e. The van der Waals surface area contributed by atoms with Crippen LogP contribution in [0.2, 0.25) is 6.55 Å². The van der Waals surface area contributed by atoms with Crippen LogP contribution in [0.25, 0.3) is 0 Å². The van der Waals surface area contributed by atoms with Gasteiger partial charge in [-0.3, -0.25) is 4.90 Å². The molecule has 4 heteroatoms. The Balaban J connectivity index is 2.60. The molecule has 0 aromatic carbocycles. The quantitative estimate of drug-likeness (QED) is 0.493. The summed E-state index contributed by atoms with van der Waals surface area (Å²) < 4.78 is 11.1. The minimum Gasteiger partial charge on any atom is -0.345 e. The Morgan fingerprint density at radius 3 is 2.00 bits per heavy atom. The maximum Gasteiger partial charge on any atom is 0.199 e. The van der Waals surface area contributed by atoms with Crippen LogP contribution in [0.3, 0.4) is 0 Å². The van der Waals surface area contributed by atoms with Gasteiger partial charge >= 0.3 is 0 Å². The van der Waals surface area contributed by atoms with E-state index in [-0.39, 0.29) is 15.1 Å². The van der Waals surface area contributed by atoms with E-state index in [1.165, 1.54) is 19.3 Å². The van der Waals surface area contributed by atoms with Crippen molar-refractivity contribution in [2.24, 2.45) is 0 Å². The average Bonchev–Trinajstić information content (AvgIpc) is 2.23. The van der Waals surface area contributed by atoms with Crippen molar-refractivity contribution in [1.82, 2.24) is 4.90 Å². The summed E-state index contributed by atoms with van der Waals surface area (Å²) in [6.07, 6.45) is 3.91. The van der Waals surface area contributed by atoms with Crippen LogP contribution in [-0.2, 0) is 9.47 Å². The lowest BCUT2D eigenvalue weighted by Gasteiger charge is -2.42. The van der Waals surface area contributed by atoms with Crippen LogP contribution < -0.4 is 0 Å². The van der Waals surface area contributed by atoms with Crippen molar-refractivity contribution in [1.29, 1.82) is 0 Å². The Hall–Kier alpha value is 0.0969. The molecule has 0 bridgehead atoms. The number of piperidine rings is 1. The van der Waals surface area contributed by atoms with Gasteiger partial charge in [0.25, 0.3) is 0 Å². The molecule has 0 amide bonds. The Kier molecular flexibility index (Phi) is 4.38. The molecule has 1 heterocycles. The highest BCUT2D eigenvalue weighted by Crippen LogP contribution is 2.21. The fourth-order valence-electron chi connectivity index (χ4n) is 2.09. The van der Waals surface area contributed by atoms with Crippen molar-refractivity contribution in [2.75, 3.05) is 27.3 Å². The van der Waals surface area contributed by atoms with Crippen LogP contribution in [0.5, 0.6) is 0 Å². The molecule has 0 spiro atoms. The van der Waals surface area contributed by atoms with Crippen molar-refractivity contribution in [3.8, 4) is 0 Å². The molecule has 1 aliphatic rings. The Bertz CT molecular complexity index is 136. The number of rotatable bonds is 4. The van der Waals surface area contributed by atoms with Crippen LogP contribution in [0.1, 0.15) is 19.3 Å². The molecule has 1 aliphatic heterocycles. The van der Waals surface area contributed by atoms with Crippen molar-refractivity contribution < 1.29 is 9.47 Å². The molecule has 1 fully saturated rings. The van der Waals surface area contributed by atoms with Gasteiger partial charge in [0.15, 0.2) is 5.53 Å². The molecule has 78 valence electrons. The van der Waals surface area contributed by atoms with Crippen LogP contribution in [0, 0.1) is 0 Å². The van der Waals surface area contributed by atoms with Gasteiger partial charge in [0.05, 0.1) is 0 Å². The predicted molar refractivity (Wildman–Crippen MR) is 56.6 cm³/mol. The maximum atomic E-state index is 5.54. The van der Waals surface area contributed by atoms with E-state index >= 15 is 0 Å². The maximum absolute atomic E-state index is 5.54. The summed E-state index contributed by atoms with van der Waals surface area (Å²) in [4.78, 5) is 2.36. The third-order valence-electron chi connectivity index (χ3n) is 2.92. The number of ether oxygens (including phenoxy) is 2. The predicted octanol–water partition coefficient (Wildman–Crippen LogP) is 0.593. The standard InChI is InChI=1S/C9H21NO2Si/c1-11-9(12-2,13-3)10-7-5-4-6-8-10/h4-8,13H2,1-3H3. The van der Waals surface area contributed by atoms with E-state index in [0.29, 0.717) is 0 Å². The second-order valence-corrected chi connectivity index (χ2v) is 5.12. The minimum atomic E-state index is -0.342. The van der Waals surface area contributed by atoms with Gasteiger partial charge in [0.2, 0.25) is 0 Å². The van der Waals surface area contributed by atoms with Crippen LogP contribution in [0.15, 0.2) is 0 Å². The Morgan fingerprint density at radius 2 is 1.62 bits per heavy atom. The molecule has 0 atom stereocenters. The third-order valence-corrected chi connectivity index (χ3v) is 4.84. The molecule has 0 N–H and O–H groups in total. The van der Waals surface area contributed by atoms with Gasteiger partial charge in [-0.05, 0) is 12.8 Å². The second-order valence-electron chi connectivity index (χ2n) is 3.52. The molecule has 1 saturated heterocycles.